The molecule has 0 fully saturated rings. The first-order chi connectivity index (χ1) is 12.0. The highest BCUT2D eigenvalue weighted by molar-refractivity contribution is 6.31. The average molecular weight is 360 g/mol. The van der Waals surface area contributed by atoms with E-state index in [9.17, 15) is 9.59 Å². The van der Waals surface area contributed by atoms with Crippen molar-refractivity contribution in [2.75, 3.05) is 18.6 Å². The summed E-state index contributed by atoms with van der Waals surface area (Å²) < 4.78 is 10.5. The number of methoxy groups -OCH3 is 1. The van der Waals surface area contributed by atoms with Crippen LogP contribution >= 0.6 is 11.6 Å². The lowest BCUT2D eigenvalue weighted by Crippen LogP contribution is -2.39. The molecular weight excluding hydrogens is 342 g/mol. The van der Waals surface area contributed by atoms with Crippen LogP contribution in [0.5, 0.6) is 5.75 Å². The Hall–Kier alpha value is -2.53. The van der Waals surface area contributed by atoms with Gasteiger partial charge in [-0.05, 0) is 43.2 Å². The second-order valence-corrected chi connectivity index (χ2v) is 6.20. The van der Waals surface area contributed by atoms with E-state index in [-0.39, 0.29) is 11.5 Å². The van der Waals surface area contributed by atoms with Crippen molar-refractivity contribution in [3.8, 4) is 5.75 Å². The summed E-state index contributed by atoms with van der Waals surface area (Å²) in [4.78, 5) is 26.8. The lowest BCUT2D eigenvalue weighted by atomic mass is 10.2. The van der Waals surface area contributed by atoms with Crippen molar-refractivity contribution in [3.05, 3.63) is 58.6 Å². The van der Waals surface area contributed by atoms with Crippen LogP contribution in [0.25, 0.3) is 0 Å². The van der Waals surface area contributed by atoms with Crippen LogP contribution in [0.3, 0.4) is 0 Å². The first-order valence-corrected chi connectivity index (χ1v) is 8.33. The first-order valence-electron chi connectivity index (χ1n) is 7.95. The Morgan fingerprint density at radius 1 is 1.20 bits per heavy atom. The third-order valence-corrected chi connectivity index (χ3v) is 4.40. The number of nitrogens with zero attached hydrogens (tertiary/aromatic N) is 1. The van der Waals surface area contributed by atoms with Crippen molar-refractivity contribution in [1.82, 2.24) is 0 Å². The number of benzene rings is 2. The van der Waals surface area contributed by atoms with Gasteiger partial charge >= 0.3 is 5.97 Å². The molecule has 5 nitrogen and oxygen atoms in total. The lowest BCUT2D eigenvalue weighted by molar-refractivity contribution is -0.126. The number of halogens is 1. The van der Waals surface area contributed by atoms with Crippen LogP contribution < -0.4 is 9.64 Å². The highest BCUT2D eigenvalue weighted by Crippen LogP contribution is 2.29. The van der Waals surface area contributed by atoms with Crippen LogP contribution in [0.2, 0.25) is 5.02 Å². The molecular formula is C19H18ClNO4. The number of hydrogen-bond acceptors (Lipinski definition) is 4. The number of esters is 1. The first kappa shape index (κ1) is 17.3. The van der Waals surface area contributed by atoms with Crippen molar-refractivity contribution in [1.29, 1.82) is 0 Å². The standard InChI is InChI=1S/C19H18ClNO4/c1-12(18(22)21-10-9-13-5-3-4-6-16(13)21)25-19(23)15-11-14(20)7-8-17(15)24-2/h3-8,11-12H,9-10H2,1-2H3/t12-/m1/s1. The van der Waals surface area contributed by atoms with E-state index < -0.39 is 12.1 Å². The van der Waals surface area contributed by atoms with Gasteiger partial charge in [-0.3, -0.25) is 4.79 Å². The summed E-state index contributed by atoms with van der Waals surface area (Å²) in [5, 5.41) is 0.389. The monoisotopic (exact) mass is 359 g/mol. The van der Waals surface area contributed by atoms with Crippen molar-refractivity contribution >= 4 is 29.2 Å². The lowest BCUT2D eigenvalue weighted by Gasteiger charge is -2.22. The Labute approximate surface area is 151 Å². The Bertz CT molecular complexity index is 821. The molecule has 0 unspecified atom stereocenters. The fourth-order valence-electron chi connectivity index (χ4n) is 2.90. The van der Waals surface area contributed by atoms with Crippen LogP contribution in [-0.2, 0) is 16.0 Å². The molecule has 0 radical (unpaired) electrons. The summed E-state index contributed by atoms with van der Waals surface area (Å²) in [6.45, 7) is 2.15. The molecule has 130 valence electrons. The molecule has 6 heteroatoms. The van der Waals surface area contributed by atoms with Crippen molar-refractivity contribution < 1.29 is 19.1 Å². The van der Waals surface area contributed by atoms with Gasteiger partial charge in [0.05, 0.1) is 7.11 Å². The van der Waals surface area contributed by atoms with E-state index in [1.807, 2.05) is 24.3 Å². The van der Waals surface area contributed by atoms with Crippen LogP contribution in [0.15, 0.2) is 42.5 Å². The molecule has 0 saturated carbocycles. The molecule has 0 bridgehead atoms. The molecule has 3 rings (SSSR count). The number of rotatable bonds is 4. The third kappa shape index (κ3) is 3.46. The van der Waals surface area contributed by atoms with Gasteiger partial charge in [-0.2, -0.15) is 0 Å². The Kier molecular flexibility index (Phi) is 4.95. The van der Waals surface area contributed by atoms with Crippen LogP contribution in [0.1, 0.15) is 22.8 Å². The predicted octanol–water partition coefficient (Wildman–Crippen LogP) is 3.48. The van der Waals surface area contributed by atoms with Crippen LogP contribution in [0.4, 0.5) is 5.69 Å². The molecule has 2 aromatic carbocycles. The summed E-state index contributed by atoms with van der Waals surface area (Å²) >= 11 is 5.94. The Morgan fingerprint density at radius 2 is 1.96 bits per heavy atom. The molecule has 25 heavy (non-hydrogen) atoms. The predicted molar refractivity (Wildman–Crippen MR) is 95.4 cm³/mol. The van der Waals surface area contributed by atoms with Gasteiger partial charge in [-0.15, -0.1) is 0 Å². The van der Waals surface area contributed by atoms with Crippen molar-refractivity contribution in [3.63, 3.8) is 0 Å². The molecule has 1 amide bonds. The largest absolute Gasteiger partial charge is 0.496 e. The summed E-state index contributed by atoms with van der Waals surface area (Å²) in [6.07, 6.45) is -0.118. The zero-order valence-electron chi connectivity index (χ0n) is 14.0. The minimum absolute atomic E-state index is 0.191. The quantitative estimate of drug-likeness (QED) is 0.784. The minimum Gasteiger partial charge on any atom is -0.496 e. The van der Waals surface area contributed by atoms with Gasteiger partial charge in [0.2, 0.25) is 0 Å². The molecule has 0 spiro atoms. The molecule has 0 saturated heterocycles. The molecule has 0 aliphatic carbocycles. The van der Waals surface area contributed by atoms with Crippen molar-refractivity contribution in [2.24, 2.45) is 0 Å². The molecule has 1 heterocycles. The van der Waals surface area contributed by atoms with E-state index in [0.29, 0.717) is 17.3 Å². The zero-order valence-corrected chi connectivity index (χ0v) is 14.7. The maximum Gasteiger partial charge on any atom is 0.342 e. The van der Waals surface area contributed by atoms with Gasteiger partial charge in [0, 0.05) is 17.3 Å². The van der Waals surface area contributed by atoms with Gasteiger partial charge in [-0.1, -0.05) is 29.8 Å². The smallest absolute Gasteiger partial charge is 0.342 e. The molecule has 0 N–H and O–H groups in total. The van der Waals surface area contributed by atoms with E-state index >= 15 is 0 Å². The minimum atomic E-state index is -0.914. The third-order valence-electron chi connectivity index (χ3n) is 4.17. The Balaban J connectivity index is 1.74. The maximum atomic E-state index is 12.7. The van der Waals surface area contributed by atoms with E-state index in [2.05, 4.69) is 0 Å². The van der Waals surface area contributed by atoms with E-state index in [4.69, 9.17) is 21.1 Å². The number of hydrogen-bond donors (Lipinski definition) is 0. The number of fused-ring (bicyclic) bond motifs is 1. The summed E-state index contributed by atoms with van der Waals surface area (Å²) in [6, 6.07) is 12.4. The van der Waals surface area contributed by atoms with Crippen LogP contribution in [0, 0.1) is 0 Å². The Morgan fingerprint density at radius 3 is 2.72 bits per heavy atom. The van der Waals surface area contributed by atoms with Crippen molar-refractivity contribution in [2.45, 2.75) is 19.4 Å². The molecule has 2 aromatic rings. The molecule has 1 atom stereocenters. The molecule has 0 aromatic heterocycles. The van der Waals surface area contributed by atoms with Crippen LogP contribution in [-0.4, -0.2) is 31.6 Å². The van der Waals surface area contributed by atoms with E-state index in [1.165, 1.54) is 13.2 Å². The topological polar surface area (TPSA) is 55.8 Å². The summed E-state index contributed by atoms with van der Waals surface area (Å²) in [5.41, 5.74) is 2.18. The number of carbonyl (C=O) groups excluding carboxylic acids is 2. The number of para-hydroxylation sites is 1. The van der Waals surface area contributed by atoms with Gasteiger partial charge < -0.3 is 14.4 Å². The zero-order chi connectivity index (χ0) is 18.0. The summed E-state index contributed by atoms with van der Waals surface area (Å²) in [7, 11) is 1.45. The number of carbonyl (C=O) groups is 2. The number of ether oxygens (including phenoxy) is 2. The number of amides is 1. The van der Waals surface area contributed by atoms with E-state index in [0.717, 1.165) is 17.7 Å². The average Bonchev–Trinajstić information content (AvgIpc) is 3.05. The fraction of sp³-hybridized carbons (Fsp3) is 0.263. The molecule has 1 aliphatic heterocycles. The van der Waals surface area contributed by atoms with E-state index in [1.54, 1.807) is 24.0 Å². The highest BCUT2D eigenvalue weighted by atomic mass is 35.5. The second kappa shape index (κ2) is 7.15. The second-order valence-electron chi connectivity index (χ2n) is 5.76. The normalized spacial score (nSPS) is 14.0. The fourth-order valence-corrected chi connectivity index (χ4v) is 3.07. The van der Waals surface area contributed by atoms with Gasteiger partial charge in [0.15, 0.2) is 6.10 Å². The van der Waals surface area contributed by atoms with Gasteiger partial charge in [0.25, 0.3) is 5.91 Å². The highest BCUT2D eigenvalue weighted by Gasteiger charge is 2.30. The van der Waals surface area contributed by atoms with Gasteiger partial charge in [0.1, 0.15) is 11.3 Å². The maximum absolute atomic E-state index is 12.7. The van der Waals surface area contributed by atoms with Gasteiger partial charge in [-0.25, -0.2) is 4.79 Å². The number of anilines is 1. The SMILES string of the molecule is COc1ccc(Cl)cc1C(=O)O[C@H](C)C(=O)N1CCc2ccccc21. The summed E-state index contributed by atoms with van der Waals surface area (Å²) in [5.74, 6) is -0.549. The molecule has 1 aliphatic rings.